The highest BCUT2D eigenvalue weighted by Crippen LogP contribution is 2.31. The van der Waals surface area contributed by atoms with Gasteiger partial charge in [0.2, 0.25) is 12.0 Å². The summed E-state index contributed by atoms with van der Waals surface area (Å²) in [5.74, 6) is 0.675. The number of para-hydroxylation sites is 2. The van der Waals surface area contributed by atoms with Crippen molar-refractivity contribution in [1.29, 1.82) is 0 Å². The van der Waals surface area contributed by atoms with Gasteiger partial charge in [-0.1, -0.05) is 18.2 Å². The third-order valence-corrected chi connectivity index (χ3v) is 3.14. The molecule has 1 atom stereocenters. The average molecular weight is 313 g/mol. The van der Waals surface area contributed by atoms with Crippen LogP contribution < -0.4 is 19.5 Å². The molecule has 0 unspecified atom stereocenters. The molecule has 6 heteroatoms. The van der Waals surface area contributed by atoms with E-state index < -0.39 is 12.1 Å². The van der Waals surface area contributed by atoms with E-state index in [0.29, 0.717) is 22.9 Å². The van der Waals surface area contributed by atoms with Crippen molar-refractivity contribution in [3.05, 3.63) is 48.5 Å². The second-order valence-corrected chi connectivity index (χ2v) is 4.99. The van der Waals surface area contributed by atoms with Gasteiger partial charge in [-0.3, -0.25) is 4.79 Å². The summed E-state index contributed by atoms with van der Waals surface area (Å²) < 4.78 is 16.4. The van der Waals surface area contributed by atoms with E-state index in [0.717, 1.165) is 0 Å². The molecule has 1 heterocycles. The molecule has 0 spiro atoms. The molecule has 2 aromatic carbocycles. The second-order valence-electron chi connectivity index (χ2n) is 4.99. The maximum Gasteiger partial charge on any atom is 0.356 e. The fourth-order valence-electron chi connectivity index (χ4n) is 2.16. The molecule has 1 amide bonds. The van der Waals surface area contributed by atoms with Gasteiger partial charge in [-0.05, 0) is 24.3 Å². The van der Waals surface area contributed by atoms with Gasteiger partial charge in [0.1, 0.15) is 12.4 Å². The van der Waals surface area contributed by atoms with Gasteiger partial charge in [0.25, 0.3) is 0 Å². The summed E-state index contributed by atoms with van der Waals surface area (Å²) in [6.45, 7) is 1.49. The lowest BCUT2D eigenvalue weighted by atomic mass is 10.2. The summed E-state index contributed by atoms with van der Waals surface area (Å²) >= 11 is 0. The number of fused-ring (bicyclic) bond motifs is 1. The van der Waals surface area contributed by atoms with Crippen molar-refractivity contribution >= 4 is 17.6 Å². The topological polar surface area (TPSA) is 73.9 Å². The molecule has 23 heavy (non-hydrogen) atoms. The average Bonchev–Trinajstić information content (AvgIpc) is 2.54. The summed E-state index contributed by atoms with van der Waals surface area (Å²) in [7, 11) is 0. The summed E-state index contributed by atoms with van der Waals surface area (Å²) in [5, 5.41) is 2.62. The molecule has 3 rings (SSSR count). The van der Waals surface area contributed by atoms with Crippen molar-refractivity contribution < 1.29 is 23.8 Å². The van der Waals surface area contributed by atoms with E-state index in [9.17, 15) is 9.59 Å². The Morgan fingerprint density at radius 3 is 2.70 bits per heavy atom. The van der Waals surface area contributed by atoms with E-state index in [1.165, 1.54) is 6.92 Å². The molecule has 6 nitrogen and oxygen atoms in total. The maximum absolute atomic E-state index is 12.2. The van der Waals surface area contributed by atoms with Crippen LogP contribution >= 0.6 is 0 Å². The normalized spacial score (nSPS) is 15.6. The van der Waals surface area contributed by atoms with Crippen molar-refractivity contribution in [2.75, 3.05) is 11.9 Å². The zero-order valence-electron chi connectivity index (χ0n) is 12.4. The van der Waals surface area contributed by atoms with Crippen molar-refractivity contribution in [3.63, 3.8) is 0 Å². The molecule has 118 valence electrons. The van der Waals surface area contributed by atoms with Crippen LogP contribution in [0, 0.1) is 0 Å². The molecule has 0 aromatic heterocycles. The molecular weight excluding hydrogens is 298 g/mol. The summed E-state index contributed by atoms with van der Waals surface area (Å²) in [5.41, 5.74) is 0.550. The lowest BCUT2D eigenvalue weighted by molar-refractivity contribution is -0.144. The van der Waals surface area contributed by atoms with Gasteiger partial charge in [0, 0.05) is 18.7 Å². The number of amides is 1. The molecule has 1 aliphatic heterocycles. The number of nitrogens with one attached hydrogen (secondary N) is 1. The van der Waals surface area contributed by atoms with E-state index >= 15 is 0 Å². The molecule has 1 aliphatic rings. The van der Waals surface area contributed by atoms with Gasteiger partial charge in [0.05, 0.1) is 0 Å². The Bertz CT molecular complexity index is 743. The van der Waals surface area contributed by atoms with Gasteiger partial charge in [-0.2, -0.15) is 0 Å². The van der Waals surface area contributed by atoms with Crippen molar-refractivity contribution in [2.24, 2.45) is 0 Å². The van der Waals surface area contributed by atoms with Crippen LogP contribution in [0.4, 0.5) is 5.69 Å². The lowest BCUT2D eigenvalue weighted by Gasteiger charge is -2.24. The zero-order chi connectivity index (χ0) is 16.2. The van der Waals surface area contributed by atoms with Crippen molar-refractivity contribution in [2.45, 2.75) is 13.0 Å². The largest absolute Gasteiger partial charge is 0.485 e. The number of carbonyl (C=O) groups is 2. The number of carbonyl (C=O) groups excluding carboxylic acids is 2. The summed E-state index contributed by atoms with van der Waals surface area (Å²) in [6.07, 6.45) is -0.839. The quantitative estimate of drug-likeness (QED) is 0.696. The van der Waals surface area contributed by atoms with Crippen LogP contribution in [0.3, 0.4) is 0 Å². The highest BCUT2D eigenvalue weighted by atomic mass is 16.6. The first-order chi connectivity index (χ1) is 11.1. The number of rotatable bonds is 3. The molecule has 0 aliphatic carbocycles. The minimum absolute atomic E-state index is 0.0846. The first-order valence-corrected chi connectivity index (χ1v) is 7.09. The molecule has 0 bridgehead atoms. The molecular formula is C17H15NO5. The Morgan fingerprint density at radius 2 is 1.91 bits per heavy atom. The van der Waals surface area contributed by atoms with Crippen molar-refractivity contribution in [3.8, 4) is 17.2 Å². The molecule has 0 fully saturated rings. The van der Waals surface area contributed by atoms with Crippen LogP contribution in [0.5, 0.6) is 17.2 Å². The summed E-state index contributed by atoms with van der Waals surface area (Å²) in [4.78, 5) is 23.3. The Hall–Kier alpha value is -3.02. The van der Waals surface area contributed by atoms with Gasteiger partial charge in [-0.25, -0.2) is 4.79 Å². The maximum atomic E-state index is 12.2. The Kier molecular flexibility index (Phi) is 4.14. The number of hydrogen-bond acceptors (Lipinski definition) is 5. The lowest BCUT2D eigenvalue weighted by Crippen LogP contribution is -2.39. The third-order valence-electron chi connectivity index (χ3n) is 3.14. The van der Waals surface area contributed by atoms with Gasteiger partial charge >= 0.3 is 5.97 Å². The van der Waals surface area contributed by atoms with Crippen molar-refractivity contribution in [1.82, 2.24) is 0 Å². The predicted molar refractivity (Wildman–Crippen MR) is 82.7 cm³/mol. The zero-order valence-corrected chi connectivity index (χ0v) is 12.4. The second kappa shape index (κ2) is 6.39. The smallest absolute Gasteiger partial charge is 0.356 e. The SMILES string of the molecule is CC(=O)Nc1cccc(OC(=O)[C@H]2COc3ccccc3O2)c1. The van der Waals surface area contributed by atoms with Crippen LogP contribution in [0.15, 0.2) is 48.5 Å². The van der Waals surface area contributed by atoms with E-state index in [4.69, 9.17) is 14.2 Å². The van der Waals surface area contributed by atoms with Crippen LogP contribution in [-0.4, -0.2) is 24.6 Å². The molecule has 0 saturated heterocycles. The van der Waals surface area contributed by atoms with Gasteiger partial charge < -0.3 is 19.5 Å². The summed E-state index contributed by atoms with van der Waals surface area (Å²) in [6, 6.07) is 13.7. The van der Waals surface area contributed by atoms with E-state index in [2.05, 4.69) is 5.32 Å². The van der Waals surface area contributed by atoms with Crippen LogP contribution in [0.25, 0.3) is 0 Å². The van der Waals surface area contributed by atoms with E-state index in [-0.39, 0.29) is 12.5 Å². The highest BCUT2D eigenvalue weighted by Gasteiger charge is 2.29. The fourth-order valence-corrected chi connectivity index (χ4v) is 2.16. The highest BCUT2D eigenvalue weighted by molar-refractivity contribution is 5.89. The number of benzene rings is 2. The number of ether oxygens (including phenoxy) is 3. The molecule has 0 radical (unpaired) electrons. The standard InChI is InChI=1S/C17H15NO5/c1-11(19)18-12-5-4-6-13(9-12)22-17(20)16-10-21-14-7-2-3-8-15(14)23-16/h2-9,16H,10H2,1H3,(H,18,19)/t16-/m1/s1. The minimum Gasteiger partial charge on any atom is -0.485 e. The molecule has 0 saturated carbocycles. The minimum atomic E-state index is -0.839. The Labute approximate surface area is 133 Å². The number of anilines is 1. The Balaban J connectivity index is 1.67. The first kappa shape index (κ1) is 14.9. The molecule has 2 aromatic rings. The third kappa shape index (κ3) is 3.60. The fraction of sp³-hybridized carbons (Fsp3) is 0.176. The van der Waals surface area contributed by atoms with Gasteiger partial charge in [-0.15, -0.1) is 0 Å². The molecule has 1 N–H and O–H groups in total. The Morgan fingerprint density at radius 1 is 1.13 bits per heavy atom. The van der Waals surface area contributed by atoms with Crippen LogP contribution in [0.2, 0.25) is 0 Å². The predicted octanol–water partition coefficient (Wildman–Crippen LogP) is 2.39. The van der Waals surface area contributed by atoms with Crippen LogP contribution in [-0.2, 0) is 9.59 Å². The first-order valence-electron chi connectivity index (χ1n) is 7.09. The number of hydrogen-bond donors (Lipinski definition) is 1. The van der Waals surface area contributed by atoms with Crippen LogP contribution in [0.1, 0.15) is 6.92 Å². The van der Waals surface area contributed by atoms with E-state index in [1.807, 2.05) is 6.07 Å². The van der Waals surface area contributed by atoms with E-state index in [1.54, 1.807) is 42.5 Å². The van der Waals surface area contributed by atoms with Gasteiger partial charge in [0.15, 0.2) is 11.5 Å². The monoisotopic (exact) mass is 313 g/mol. The number of esters is 1.